The van der Waals surface area contributed by atoms with E-state index in [1.165, 1.54) is 0 Å². The van der Waals surface area contributed by atoms with Crippen LogP contribution in [0.5, 0.6) is 0 Å². The number of nitrogens with zero attached hydrogens (tertiary/aromatic N) is 1. The number of hydrogen-bond acceptors (Lipinski definition) is 2. The predicted octanol–water partition coefficient (Wildman–Crippen LogP) is 1.39. The molecule has 2 heteroatoms. The fourth-order valence-corrected chi connectivity index (χ4v) is 1.30. The van der Waals surface area contributed by atoms with Crippen LogP contribution in [-0.4, -0.2) is 17.7 Å². The lowest BCUT2D eigenvalue weighted by Crippen LogP contribution is -2.20. The molecule has 0 fully saturated rings. The van der Waals surface area contributed by atoms with Crippen LogP contribution in [0.25, 0.3) is 0 Å². The van der Waals surface area contributed by atoms with E-state index >= 15 is 0 Å². The Kier molecular flexibility index (Phi) is 1.67. The molecule has 0 aromatic heterocycles. The molecule has 0 amide bonds. The topological polar surface area (TPSA) is 20.3 Å². The molecular weight excluding hydrogens is 150 g/mol. The Morgan fingerprint density at radius 3 is 3.17 bits per heavy atom. The van der Waals surface area contributed by atoms with Gasteiger partial charge >= 0.3 is 0 Å². The maximum atomic E-state index is 10.5. The van der Waals surface area contributed by atoms with Crippen molar-refractivity contribution in [1.29, 1.82) is 0 Å². The zero-order chi connectivity index (χ0) is 8.39. The molecule has 0 bridgehead atoms. The molecule has 60 valence electrons. The minimum absolute atomic E-state index is 0.765. The first-order valence-electron chi connectivity index (χ1n) is 3.89. The molecule has 0 unspecified atom stereocenters. The van der Waals surface area contributed by atoms with E-state index < -0.39 is 0 Å². The standard InChI is InChI=1S/C10H9NO/c12-8-9-4-6-11-5-2-1-3-10(11)7-9/h1-5,7-8H,6H2. The second-order valence-electron chi connectivity index (χ2n) is 2.74. The van der Waals surface area contributed by atoms with Crippen molar-refractivity contribution in [3.63, 3.8) is 0 Å². The van der Waals surface area contributed by atoms with Gasteiger partial charge in [0.25, 0.3) is 0 Å². The lowest BCUT2D eigenvalue weighted by Gasteiger charge is -2.25. The number of rotatable bonds is 1. The van der Waals surface area contributed by atoms with Crippen LogP contribution in [0.4, 0.5) is 0 Å². The third kappa shape index (κ3) is 1.11. The van der Waals surface area contributed by atoms with E-state index in [4.69, 9.17) is 0 Å². The van der Waals surface area contributed by atoms with Crippen LogP contribution in [0, 0.1) is 0 Å². The number of carbonyl (C=O) groups is 1. The van der Waals surface area contributed by atoms with Crippen molar-refractivity contribution >= 4 is 6.29 Å². The first-order chi connectivity index (χ1) is 5.90. The van der Waals surface area contributed by atoms with Gasteiger partial charge in [-0.3, -0.25) is 4.79 Å². The Morgan fingerprint density at radius 1 is 1.42 bits per heavy atom. The molecule has 2 aliphatic rings. The maximum Gasteiger partial charge on any atom is 0.149 e. The minimum atomic E-state index is 0.765. The predicted molar refractivity (Wildman–Crippen MR) is 47.2 cm³/mol. The highest BCUT2D eigenvalue weighted by molar-refractivity contribution is 5.78. The molecule has 0 radical (unpaired) electrons. The first kappa shape index (κ1) is 7.10. The Morgan fingerprint density at radius 2 is 2.33 bits per heavy atom. The van der Waals surface area contributed by atoms with E-state index in [0.29, 0.717) is 0 Å². The van der Waals surface area contributed by atoms with E-state index in [1.54, 1.807) is 0 Å². The normalized spacial score (nSPS) is 19.8. The van der Waals surface area contributed by atoms with Crippen molar-refractivity contribution in [2.45, 2.75) is 0 Å². The Labute approximate surface area is 71.2 Å². The van der Waals surface area contributed by atoms with Gasteiger partial charge in [0.05, 0.1) is 0 Å². The van der Waals surface area contributed by atoms with E-state index in [9.17, 15) is 4.79 Å². The van der Waals surface area contributed by atoms with Crippen LogP contribution in [0.15, 0.2) is 47.9 Å². The average Bonchev–Trinajstić information content (AvgIpc) is 2.17. The molecule has 2 rings (SSSR count). The van der Waals surface area contributed by atoms with Crippen molar-refractivity contribution in [3.8, 4) is 0 Å². The maximum absolute atomic E-state index is 10.5. The summed E-state index contributed by atoms with van der Waals surface area (Å²) >= 11 is 0. The summed E-state index contributed by atoms with van der Waals surface area (Å²) in [7, 11) is 0. The van der Waals surface area contributed by atoms with Crippen molar-refractivity contribution in [2.24, 2.45) is 0 Å². The smallest absolute Gasteiger partial charge is 0.149 e. The van der Waals surface area contributed by atoms with Crippen LogP contribution < -0.4 is 0 Å². The summed E-state index contributed by atoms with van der Waals surface area (Å²) in [6.07, 6.45) is 12.6. The van der Waals surface area contributed by atoms with E-state index in [1.807, 2.05) is 36.6 Å². The Hall–Kier alpha value is -1.57. The van der Waals surface area contributed by atoms with Crippen LogP contribution in [0.1, 0.15) is 0 Å². The second kappa shape index (κ2) is 2.81. The van der Waals surface area contributed by atoms with Crippen molar-refractivity contribution in [3.05, 3.63) is 47.9 Å². The van der Waals surface area contributed by atoms with Gasteiger partial charge in [-0.05, 0) is 18.2 Å². The van der Waals surface area contributed by atoms with Crippen LogP contribution in [-0.2, 0) is 4.79 Å². The summed E-state index contributed by atoms with van der Waals surface area (Å²) in [5.74, 6) is 0. The molecule has 2 aliphatic heterocycles. The lowest BCUT2D eigenvalue weighted by molar-refractivity contribution is -0.104. The summed E-state index contributed by atoms with van der Waals surface area (Å²) in [4.78, 5) is 12.6. The molecule has 0 saturated carbocycles. The molecule has 0 aromatic rings. The van der Waals surface area contributed by atoms with Gasteiger partial charge < -0.3 is 4.90 Å². The zero-order valence-corrected chi connectivity index (χ0v) is 6.60. The van der Waals surface area contributed by atoms with Gasteiger partial charge in [0, 0.05) is 24.0 Å². The van der Waals surface area contributed by atoms with E-state index in [-0.39, 0.29) is 0 Å². The van der Waals surface area contributed by atoms with Gasteiger partial charge in [0.2, 0.25) is 0 Å². The van der Waals surface area contributed by atoms with Gasteiger partial charge in [-0.1, -0.05) is 12.2 Å². The highest BCUT2D eigenvalue weighted by Gasteiger charge is 2.10. The molecule has 2 nitrogen and oxygen atoms in total. The summed E-state index contributed by atoms with van der Waals surface area (Å²) in [6.45, 7) is 0.792. The van der Waals surface area contributed by atoms with Crippen molar-refractivity contribution < 1.29 is 4.79 Å². The molecule has 0 atom stereocenters. The quantitative estimate of drug-likeness (QED) is 0.539. The Balaban J connectivity index is 2.31. The zero-order valence-electron chi connectivity index (χ0n) is 6.60. The molecule has 0 saturated heterocycles. The number of allylic oxidation sites excluding steroid dienone is 5. The highest BCUT2D eigenvalue weighted by atomic mass is 16.1. The highest BCUT2D eigenvalue weighted by Crippen LogP contribution is 2.18. The summed E-state index contributed by atoms with van der Waals surface area (Å²) in [5, 5.41) is 0. The van der Waals surface area contributed by atoms with Gasteiger partial charge in [-0.15, -0.1) is 0 Å². The third-order valence-electron chi connectivity index (χ3n) is 1.95. The van der Waals surface area contributed by atoms with Crippen LogP contribution in [0.3, 0.4) is 0 Å². The fraction of sp³-hybridized carbons (Fsp3) is 0.100. The first-order valence-corrected chi connectivity index (χ1v) is 3.89. The monoisotopic (exact) mass is 159 g/mol. The largest absolute Gasteiger partial charge is 0.344 e. The molecule has 0 aliphatic carbocycles. The summed E-state index contributed by atoms with van der Waals surface area (Å²) < 4.78 is 0. The Bertz CT molecular complexity index is 321. The number of fused-ring (bicyclic) bond motifs is 1. The summed E-state index contributed by atoms with van der Waals surface area (Å²) in [5.41, 5.74) is 1.85. The van der Waals surface area contributed by atoms with Crippen LogP contribution >= 0.6 is 0 Å². The number of hydrogen-bond donors (Lipinski definition) is 0. The summed E-state index contributed by atoms with van der Waals surface area (Å²) in [6, 6.07) is 0. The fourth-order valence-electron chi connectivity index (χ4n) is 1.30. The second-order valence-corrected chi connectivity index (χ2v) is 2.74. The van der Waals surface area contributed by atoms with Gasteiger partial charge in [-0.2, -0.15) is 0 Å². The van der Waals surface area contributed by atoms with Gasteiger partial charge in [-0.25, -0.2) is 0 Å². The van der Waals surface area contributed by atoms with E-state index in [2.05, 4.69) is 4.90 Å². The van der Waals surface area contributed by atoms with Gasteiger partial charge in [0.1, 0.15) is 6.29 Å². The van der Waals surface area contributed by atoms with Crippen molar-refractivity contribution in [2.75, 3.05) is 6.54 Å². The number of carbonyl (C=O) groups excluding carboxylic acids is 1. The van der Waals surface area contributed by atoms with Gasteiger partial charge in [0.15, 0.2) is 0 Å². The van der Waals surface area contributed by atoms with E-state index in [0.717, 1.165) is 24.1 Å². The molecular formula is C10H9NO. The molecule has 12 heavy (non-hydrogen) atoms. The molecule has 0 aromatic carbocycles. The average molecular weight is 159 g/mol. The minimum Gasteiger partial charge on any atom is -0.344 e. The number of aldehydes is 1. The van der Waals surface area contributed by atoms with Crippen LogP contribution in [0.2, 0.25) is 0 Å². The SMILES string of the molecule is O=CC1=CCN2C=CC=CC2=C1. The lowest BCUT2D eigenvalue weighted by atomic mass is 10.1. The third-order valence-corrected chi connectivity index (χ3v) is 1.95. The molecule has 2 heterocycles. The molecule has 0 spiro atoms. The molecule has 0 N–H and O–H groups in total. The van der Waals surface area contributed by atoms with Crippen molar-refractivity contribution in [1.82, 2.24) is 4.90 Å².